The highest BCUT2D eigenvalue weighted by Gasteiger charge is 2.60. The standard InChI is InChI=1S/C11H8BrF2N3O2S2/c1-10(17-21(19)6-16,9-4-7(12)5-20-9)11(13,14)8(18)2-3-15/h4-5,17H,2H2,1H3/t10?,21-/m1/s1. The summed E-state index contributed by atoms with van der Waals surface area (Å²) in [5.41, 5.74) is -2.36. The molecule has 10 heteroatoms. The van der Waals surface area contributed by atoms with Gasteiger partial charge >= 0.3 is 11.3 Å². The first-order valence-electron chi connectivity index (χ1n) is 5.31. The zero-order chi connectivity index (χ0) is 16.3. The van der Waals surface area contributed by atoms with E-state index in [0.717, 1.165) is 18.3 Å². The van der Waals surface area contributed by atoms with E-state index in [1.807, 2.05) is 4.72 Å². The van der Waals surface area contributed by atoms with E-state index in [1.165, 1.54) is 22.9 Å². The van der Waals surface area contributed by atoms with Crippen molar-refractivity contribution >= 4 is 44.4 Å². The van der Waals surface area contributed by atoms with Gasteiger partial charge in [-0.1, -0.05) is 0 Å². The van der Waals surface area contributed by atoms with Crippen molar-refractivity contribution in [2.45, 2.75) is 24.8 Å². The molecule has 0 aliphatic carbocycles. The van der Waals surface area contributed by atoms with Crippen LogP contribution in [0, 0.1) is 22.0 Å². The van der Waals surface area contributed by atoms with Crippen LogP contribution in [0.5, 0.6) is 0 Å². The van der Waals surface area contributed by atoms with Gasteiger partial charge in [0, 0.05) is 14.7 Å². The number of hydrogen-bond donors (Lipinski definition) is 1. The second kappa shape index (κ2) is 6.81. The predicted octanol–water partition coefficient (Wildman–Crippen LogP) is 2.58. The molecule has 21 heavy (non-hydrogen) atoms. The SMILES string of the molecule is CC(N[S@+]([O-])C#N)(c1cc(Br)cs1)C(F)(F)C(=O)CC#N. The summed E-state index contributed by atoms with van der Waals surface area (Å²) in [6.45, 7) is 0.968. The number of nitriles is 2. The maximum Gasteiger partial charge on any atom is 0.340 e. The van der Waals surface area contributed by atoms with Gasteiger partial charge in [-0.3, -0.25) is 4.79 Å². The molecule has 5 nitrogen and oxygen atoms in total. The molecule has 0 radical (unpaired) electrons. The van der Waals surface area contributed by atoms with Crippen molar-refractivity contribution in [3.8, 4) is 11.5 Å². The second-order valence-corrected chi connectivity index (χ2v) is 6.80. The van der Waals surface area contributed by atoms with Crippen molar-refractivity contribution < 1.29 is 18.1 Å². The molecule has 1 rings (SSSR count). The fourth-order valence-electron chi connectivity index (χ4n) is 1.51. The number of nitrogens with one attached hydrogen (secondary N) is 1. The van der Waals surface area contributed by atoms with Crippen LogP contribution in [0.1, 0.15) is 18.2 Å². The van der Waals surface area contributed by atoms with Crippen molar-refractivity contribution in [3.05, 3.63) is 20.8 Å². The van der Waals surface area contributed by atoms with Crippen LogP contribution in [0.25, 0.3) is 0 Å². The average molecular weight is 396 g/mol. The Labute approximate surface area is 135 Å². The van der Waals surface area contributed by atoms with Gasteiger partial charge in [-0.15, -0.1) is 21.3 Å². The number of carbonyl (C=O) groups is 1. The average Bonchev–Trinajstić information content (AvgIpc) is 2.85. The van der Waals surface area contributed by atoms with Crippen LogP contribution in [-0.4, -0.2) is 16.3 Å². The van der Waals surface area contributed by atoms with E-state index in [1.54, 1.807) is 0 Å². The molecule has 0 saturated heterocycles. The molecule has 1 aromatic heterocycles. The lowest BCUT2D eigenvalue weighted by Crippen LogP contribution is -2.58. The molecule has 2 atom stereocenters. The Morgan fingerprint density at radius 1 is 1.62 bits per heavy atom. The second-order valence-electron chi connectivity index (χ2n) is 4.05. The molecule has 0 spiro atoms. The molecule has 0 aliphatic rings. The number of rotatable bonds is 6. The fraction of sp³-hybridized carbons (Fsp3) is 0.364. The molecule has 0 fully saturated rings. The molecule has 112 valence electrons. The molecule has 0 saturated carbocycles. The van der Waals surface area contributed by atoms with Crippen LogP contribution in [0.3, 0.4) is 0 Å². The van der Waals surface area contributed by atoms with E-state index in [0.29, 0.717) is 4.47 Å². The number of thiophene rings is 1. The Morgan fingerprint density at radius 2 is 2.24 bits per heavy atom. The zero-order valence-corrected chi connectivity index (χ0v) is 13.7. The molecule has 1 aromatic rings. The van der Waals surface area contributed by atoms with Gasteiger partial charge in [0.15, 0.2) is 16.9 Å². The Bertz CT molecular complexity index is 626. The summed E-state index contributed by atoms with van der Waals surface area (Å²) in [4.78, 5) is 11.6. The largest absolute Gasteiger partial charge is 0.583 e. The smallest absolute Gasteiger partial charge is 0.340 e. The first-order valence-corrected chi connectivity index (χ1v) is 8.13. The van der Waals surface area contributed by atoms with Crippen LogP contribution < -0.4 is 4.72 Å². The number of halogens is 3. The maximum absolute atomic E-state index is 14.4. The van der Waals surface area contributed by atoms with Crippen LogP contribution >= 0.6 is 27.3 Å². The van der Waals surface area contributed by atoms with Gasteiger partial charge in [0.25, 0.3) is 0 Å². The lowest BCUT2D eigenvalue weighted by Gasteiger charge is -2.33. The van der Waals surface area contributed by atoms with Gasteiger partial charge < -0.3 is 4.55 Å². The molecular weight excluding hydrogens is 388 g/mol. The molecule has 0 aliphatic heterocycles. The third-order valence-corrected chi connectivity index (χ3v) is 5.33. The van der Waals surface area contributed by atoms with Gasteiger partial charge in [-0.2, -0.15) is 14.0 Å². The Kier molecular flexibility index (Phi) is 5.84. The number of thiocyanates is 1. The molecule has 1 heterocycles. The van der Waals surface area contributed by atoms with Crippen molar-refractivity contribution in [2.24, 2.45) is 0 Å². The van der Waals surface area contributed by atoms with Crippen molar-refractivity contribution in [1.82, 2.24) is 4.72 Å². The minimum absolute atomic E-state index is 0.00858. The molecule has 0 aromatic carbocycles. The van der Waals surface area contributed by atoms with Crippen LogP contribution in [0.2, 0.25) is 0 Å². The van der Waals surface area contributed by atoms with E-state index < -0.39 is 35.0 Å². The number of hydrogen-bond acceptors (Lipinski definition) is 6. The minimum atomic E-state index is -4.01. The first kappa shape index (κ1) is 18.0. The molecule has 0 bridgehead atoms. The molecule has 0 amide bonds. The highest BCUT2D eigenvalue weighted by molar-refractivity contribution is 9.10. The van der Waals surface area contributed by atoms with Gasteiger partial charge in [0.2, 0.25) is 5.78 Å². The summed E-state index contributed by atoms with van der Waals surface area (Å²) >= 11 is 1.58. The highest BCUT2D eigenvalue weighted by atomic mass is 79.9. The normalized spacial score (nSPS) is 15.6. The lowest BCUT2D eigenvalue weighted by atomic mass is 9.89. The van der Waals surface area contributed by atoms with Crippen molar-refractivity contribution in [1.29, 1.82) is 10.5 Å². The Balaban J connectivity index is 3.35. The monoisotopic (exact) mass is 395 g/mol. The van der Waals surface area contributed by atoms with E-state index in [2.05, 4.69) is 15.9 Å². The lowest BCUT2D eigenvalue weighted by molar-refractivity contribution is -0.153. The number of ketones is 1. The Morgan fingerprint density at radius 3 is 2.67 bits per heavy atom. The van der Waals surface area contributed by atoms with Crippen molar-refractivity contribution in [3.63, 3.8) is 0 Å². The summed E-state index contributed by atoms with van der Waals surface area (Å²) in [5.74, 6) is -5.63. The quantitative estimate of drug-likeness (QED) is 0.589. The first-order chi connectivity index (χ1) is 9.68. The van der Waals surface area contributed by atoms with E-state index >= 15 is 0 Å². The molecule has 1 N–H and O–H groups in total. The zero-order valence-electron chi connectivity index (χ0n) is 10.5. The van der Waals surface area contributed by atoms with Crippen molar-refractivity contribution in [2.75, 3.05) is 0 Å². The summed E-state index contributed by atoms with van der Waals surface area (Å²) in [5, 5.41) is 19.8. The number of nitrogens with zero attached hydrogens (tertiary/aromatic N) is 2. The number of Topliss-reactive ketones (excluding diaryl/α,β-unsaturated/α-hetero) is 1. The summed E-state index contributed by atoms with van der Waals surface area (Å²) in [7, 11) is 0. The predicted molar refractivity (Wildman–Crippen MR) is 76.4 cm³/mol. The summed E-state index contributed by atoms with van der Waals surface area (Å²) in [6, 6.07) is 2.70. The number of alkyl halides is 2. The van der Waals surface area contributed by atoms with Gasteiger partial charge in [0.1, 0.15) is 6.42 Å². The van der Waals surface area contributed by atoms with E-state index in [-0.39, 0.29) is 4.88 Å². The fourth-order valence-corrected chi connectivity index (χ4v) is 3.81. The summed E-state index contributed by atoms with van der Waals surface area (Å²) < 4.78 is 42.7. The van der Waals surface area contributed by atoms with Gasteiger partial charge in [-0.25, -0.2) is 0 Å². The maximum atomic E-state index is 14.4. The van der Waals surface area contributed by atoms with E-state index in [9.17, 15) is 18.1 Å². The van der Waals surface area contributed by atoms with E-state index in [4.69, 9.17) is 10.5 Å². The Hall–Kier alpha value is -1.04. The van der Waals surface area contributed by atoms with Crippen LogP contribution in [-0.2, 0) is 21.7 Å². The van der Waals surface area contributed by atoms with Gasteiger partial charge in [0.05, 0.1) is 6.07 Å². The molecular formula is C11H8BrF2N3O2S2. The van der Waals surface area contributed by atoms with Crippen LogP contribution in [0.15, 0.2) is 15.9 Å². The molecule has 1 unspecified atom stereocenters. The van der Waals surface area contributed by atoms with Gasteiger partial charge in [-0.05, 0) is 28.9 Å². The highest BCUT2D eigenvalue weighted by Crippen LogP contribution is 2.42. The third-order valence-electron chi connectivity index (χ3n) is 2.66. The number of carbonyl (C=O) groups excluding carboxylic acids is 1. The minimum Gasteiger partial charge on any atom is -0.583 e. The summed E-state index contributed by atoms with van der Waals surface area (Å²) in [6.07, 6.45) is -0.990. The third kappa shape index (κ3) is 3.59. The topological polar surface area (TPSA) is 99.7 Å². The van der Waals surface area contributed by atoms with Crippen LogP contribution in [0.4, 0.5) is 8.78 Å².